The van der Waals surface area contributed by atoms with Crippen LogP contribution in [0.5, 0.6) is 0 Å². The van der Waals surface area contributed by atoms with Crippen molar-refractivity contribution in [3.8, 4) is 0 Å². The third-order valence-electron chi connectivity index (χ3n) is 4.47. The molecule has 7 heteroatoms. The number of alkyl halides is 1. The van der Waals surface area contributed by atoms with Gasteiger partial charge in [-0.15, -0.1) is 0 Å². The number of amides is 2. The van der Waals surface area contributed by atoms with Crippen molar-refractivity contribution in [1.82, 2.24) is 15.4 Å². The summed E-state index contributed by atoms with van der Waals surface area (Å²) >= 11 is 0. The number of halogens is 2. The Balaban J connectivity index is 2.87. The lowest BCUT2D eigenvalue weighted by molar-refractivity contribution is 0.193. The molecule has 5 nitrogen and oxygen atoms in total. The Morgan fingerprint density at radius 3 is 2.79 bits per heavy atom. The lowest BCUT2D eigenvalue weighted by Gasteiger charge is -2.24. The van der Waals surface area contributed by atoms with E-state index >= 15 is 0 Å². The van der Waals surface area contributed by atoms with Crippen LogP contribution < -0.4 is 5.32 Å². The third-order valence-corrected chi connectivity index (χ3v) is 4.47. The normalized spacial score (nSPS) is 14.2. The van der Waals surface area contributed by atoms with E-state index in [-0.39, 0.29) is 18.6 Å². The summed E-state index contributed by atoms with van der Waals surface area (Å²) in [4.78, 5) is 14.0. The first-order chi connectivity index (χ1) is 13.8. The molecule has 1 aromatic heterocycles. The summed E-state index contributed by atoms with van der Waals surface area (Å²) in [5, 5.41) is 6.66. The summed E-state index contributed by atoms with van der Waals surface area (Å²) < 4.78 is 30.8. The van der Waals surface area contributed by atoms with E-state index in [0.29, 0.717) is 23.3 Å². The van der Waals surface area contributed by atoms with E-state index in [1.165, 1.54) is 17.2 Å². The predicted octanol–water partition coefficient (Wildman–Crippen LogP) is 5.60. The topological polar surface area (TPSA) is 58.4 Å². The van der Waals surface area contributed by atoms with Crippen molar-refractivity contribution < 1.29 is 18.1 Å². The number of hydrogen-bond donors (Lipinski definition) is 1. The van der Waals surface area contributed by atoms with E-state index in [2.05, 4.69) is 17.1 Å². The zero-order valence-corrected chi connectivity index (χ0v) is 17.4. The molecule has 0 saturated carbocycles. The fourth-order valence-corrected chi connectivity index (χ4v) is 2.29. The number of carbonyl (C=O) groups excluding carboxylic acids is 1. The number of urea groups is 1. The molecule has 0 aliphatic carbocycles. The summed E-state index contributed by atoms with van der Waals surface area (Å²) in [7, 11) is 1.65. The fourth-order valence-electron chi connectivity index (χ4n) is 2.29. The highest BCUT2D eigenvalue weighted by atomic mass is 19.1. The molecule has 0 aromatic carbocycles. The monoisotopic (exact) mass is 405 g/mol. The van der Waals surface area contributed by atoms with Crippen LogP contribution in [0.1, 0.15) is 38.9 Å². The van der Waals surface area contributed by atoms with Gasteiger partial charge in [0, 0.05) is 19.7 Å². The molecule has 1 heterocycles. The maximum absolute atomic E-state index is 13.9. The molecule has 1 N–H and O–H groups in total. The fraction of sp³-hybridized carbons (Fsp3) is 0.364. The van der Waals surface area contributed by atoms with E-state index < -0.39 is 12.5 Å². The van der Waals surface area contributed by atoms with Crippen molar-refractivity contribution in [3.05, 3.63) is 77.5 Å². The molecule has 0 aliphatic heterocycles. The molecular weight excluding hydrogens is 376 g/mol. The van der Waals surface area contributed by atoms with Gasteiger partial charge in [0.15, 0.2) is 0 Å². The van der Waals surface area contributed by atoms with Gasteiger partial charge in [-0.25, -0.2) is 13.6 Å². The van der Waals surface area contributed by atoms with Gasteiger partial charge in [-0.2, -0.15) is 0 Å². The number of nitrogens with zero attached hydrogens (tertiary/aromatic N) is 2. The molecule has 1 unspecified atom stereocenters. The second-order valence-corrected chi connectivity index (χ2v) is 6.55. The smallest absolute Gasteiger partial charge is 0.317 e. The van der Waals surface area contributed by atoms with Crippen molar-refractivity contribution >= 4 is 6.03 Å². The Bertz CT molecular complexity index is 793. The molecule has 1 rings (SSSR count). The Morgan fingerprint density at radius 2 is 2.21 bits per heavy atom. The number of hydrogen-bond acceptors (Lipinski definition) is 3. The van der Waals surface area contributed by atoms with E-state index in [9.17, 15) is 13.6 Å². The van der Waals surface area contributed by atoms with E-state index in [4.69, 9.17) is 4.52 Å². The largest absolute Gasteiger partial charge is 0.364 e. The zero-order chi connectivity index (χ0) is 21.8. The standard InChI is InChI=1S/C22H29F2N3O2/c1-6-16(2)9-10-19(17(3)14-20(24)8-7-12-23)15-25-22(28)27(5)18(4)21-11-13-29-26-21/h6-8,10-11,13-14,18H,3,9,12,15H2,1-2,4-5H3,(H,25,28)/b8-7-,16-6+,19-10+,20-14+. The number of rotatable bonds is 10. The van der Waals surface area contributed by atoms with Crippen molar-refractivity contribution in [2.75, 3.05) is 20.3 Å². The van der Waals surface area contributed by atoms with Gasteiger partial charge in [0.25, 0.3) is 0 Å². The Hall–Kier alpha value is -2.96. The first-order valence-electron chi connectivity index (χ1n) is 9.30. The maximum Gasteiger partial charge on any atom is 0.317 e. The van der Waals surface area contributed by atoms with Crippen LogP contribution in [0.15, 0.2) is 76.4 Å². The second kappa shape index (κ2) is 12.5. The summed E-state index contributed by atoms with van der Waals surface area (Å²) in [6.07, 6.45) is 9.30. The number of nitrogens with one attached hydrogen (secondary N) is 1. The molecule has 1 aromatic rings. The Kier molecular flexibility index (Phi) is 10.4. The minimum atomic E-state index is -0.747. The molecule has 0 aliphatic rings. The van der Waals surface area contributed by atoms with E-state index in [1.807, 2.05) is 32.9 Å². The van der Waals surface area contributed by atoms with Crippen LogP contribution in [0.25, 0.3) is 0 Å². The van der Waals surface area contributed by atoms with Crippen LogP contribution in [-0.4, -0.2) is 36.4 Å². The highest BCUT2D eigenvalue weighted by Gasteiger charge is 2.19. The first-order valence-corrected chi connectivity index (χ1v) is 9.30. The highest BCUT2D eigenvalue weighted by molar-refractivity contribution is 5.74. The highest BCUT2D eigenvalue weighted by Crippen LogP contribution is 2.18. The Labute approximate surface area is 171 Å². The van der Waals surface area contributed by atoms with Gasteiger partial charge in [-0.1, -0.05) is 35.5 Å². The summed E-state index contributed by atoms with van der Waals surface area (Å²) in [5.41, 5.74) is 2.84. The molecule has 1 atom stereocenters. The molecule has 0 bridgehead atoms. The van der Waals surface area contributed by atoms with Crippen LogP contribution in [0.4, 0.5) is 13.6 Å². The van der Waals surface area contributed by atoms with Crippen LogP contribution in [0.3, 0.4) is 0 Å². The lowest BCUT2D eigenvalue weighted by atomic mass is 10.0. The molecule has 0 radical (unpaired) electrons. The van der Waals surface area contributed by atoms with Crippen LogP contribution in [-0.2, 0) is 0 Å². The molecule has 0 fully saturated rings. The quantitative estimate of drug-likeness (QED) is 0.407. The maximum atomic E-state index is 13.9. The third kappa shape index (κ3) is 8.29. The zero-order valence-electron chi connectivity index (χ0n) is 17.4. The molecule has 2 amide bonds. The van der Waals surface area contributed by atoms with Crippen molar-refractivity contribution in [2.24, 2.45) is 0 Å². The first kappa shape index (κ1) is 24.1. The van der Waals surface area contributed by atoms with Gasteiger partial charge in [-0.05, 0) is 50.5 Å². The number of allylic oxidation sites excluding steroid dienone is 7. The Morgan fingerprint density at radius 1 is 1.48 bits per heavy atom. The van der Waals surface area contributed by atoms with Gasteiger partial charge in [0.05, 0.1) is 6.04 Å². The average Bonchev–Trinajstić information content (AvgIpc) is 3.25. The van der Waals surface area contributed by atoms with Gasteiger partial charge in [-0.3, -0.25) is 0 Å². The molecule has 0 spiro atoms. The number of aromatic nitrogens is 1. The van der Waals surface area contributed by atoms with E-state index in [1.54, 1.807) is 13.1 Å². The molecule has 0 saturated heterocycles. The van der Waals surface area contributed by atoms with Crippen LogP contribution >= 0.6 is 0 Å². The van der Waals surface area contributed by atoms with Gasteiger partial charge in [0.1, 0.15) is 24.5 Å². The van der Waals surface area contributed by atoms with Crippen molar-refractivity contribution in [2.45, 2.75) is 33.2 Å². The van der Waals surface area contributed by atoms with Crippen LogP contribution in [0, 0.1) is 0 Å². The summed E-state index contributed by atoms with van der Waals surface area (Å²) in [5.74, 6) is -0.607. The lowest BCUT2D eigenvalue weighted by Crippen LogP contribution is -2.39. The molecule has 29 heavy (non-hydrogen) atoms. The van der Waals surface area contributed by atoms with E-state index in [0.717, 1.165) is 17.7 Å². The average molecular weight is 405 g/mol. The van der Waals surface area contributed by atoms with Crippen molar-refractivity contribution in [3.63, 3.8) is 0 Å². The van der Waals surface area contributed by atoms with Crippen LogP contribution in [0.2, 0.25) is 0 Å². The summed E-state index contributed by atoms with van der Waals surface area (Å²) in [6, 6.07) is 1.10. The minimum Gasteiger partial charge on any atom is -0.364 e. The van der Waals surface area contributed by atoms with Gasteiger partial charge in [0.2, 0.25) is 0 Å². The molecule has 158 valence electrons. The summed E-state index contributed by atoms with van der Waals surface area (Å²) in [6.45, 7) is 9.05. The van der Waals surface area contributed by atoms with Gasteiger partial charge >= 0.3 is 6.03 Å². The number of carbonyl (C=O) groups is 1. The second-order valence-electron chi connectivity index (χ2n) is 6.55. The predicted molar refractivity (Wildman–Crippen MR) is 112 cm³/mol. The molecular formula is C22H29F2N3O2. The van der Waals surface area contributed by atoms with Gasteiger partial charge < -0.3 is 14.7 Å². The minimum absolute atomic E-state index is 0.168. The SMILES string of the molecule is C=C(/C=C(F)\C=C/CF)/C(=C/C/C(C)=C/C)CNC(=O)N(C)C(C)c1ccon1. The van der Waals surface area contributed by atoms with Crippen molar-refractivity contribution in [1.29, 1.82) is 0 Å².